The molecule has 8 nitrogen and oxygen atoms in total. The Morgan fingerprint density at radius 2 is 0.900 bits per heavy atom. The molecule has 0 aliphatic carbocycles. The number of rotatable bonds is 8. The number of aromatic nitrogens is 4. The third-order valence-electron chi connectivity index (χ3n) is 5.94. The van der Waals surface area contributed by atoms with Crippen molar-refractivity contribution in [3.05, 3.63) is 134 Å². The average molecular weight is 521 g/mol. The maximum Gasteiger partial charge on any atom is 0.227 e. The summed E-state index contributed by atoms with van der Waals surface area (Å²) in [5, 5.41) is 15.4. The lowest BCUT2D eigenvalue weighted by Crippen LogP contribution is -1.97. The second kappa shape index (κ2) is 11.7. The van der Waals surface area contributed by atoms with Crippen LogP contribution in [0.3, 0.4) is 0 Å². The van der Waals surface area contributed by atoms with Crippen LogP contribution < -0.4 is 10.6 Å². The minimum atomic E-state index is 0.527. The third kappa shape index (κ3) is 6.20. The second-order valence-corrected chi connectivity index (χ2v) is 8.81. The first-order chi connectivity index (χ1) is 19.8. The van der Waals surface area contributed by atoms with Crippen LogP contribution in [0.4, 0.5) is 34.6 Å². The Labute approximate surface area is 231 Å². The van der Waals surface area contributed by atoms with E-state index in [1.165, 1.54) is 0 Å². The highest BCUT2D eigenvalue weighted by molar-refractivity contribution is 5.67. The number of nitrogens with zero attached hydrogens (tertiary/aromatic N) is 6. The molecule has 0 saturated carbocycles. The number of nitrogens with one attached hydrogen (secondary N) is 2. The van der Waals surface area contributed by atoms with Gasteiger partial charge in [0.05, 0.1) is 22.8 Å². The largest absolute Gasteiger partial charge is 0.324 e. The Morgan fingerprint density at radius 3 is 1.35 bits per heavy atom. The SMILES string of the molecule is c1ccc(Nc2nccc(-c3cccc(N=Nc4cccc(-c5ccnc(Nc6ccccc6)n5)c4)c3)n2)cc1. The molecule has 0 amide bonds. The van der Waals surface area contributed by atoms with E-state index in [1.807, 2.05) is 121 Å². The lowest BCUT2D eigenvalue weighted by atomic mass is 10.1. The van der Waals surface area contributed by atoms with Gasteiger partial charge in [-0.05, 0) is 60.7 Å². The lowest BCUT2D eigenvalue weighted by molar-refractivity contribution is 1.16. The molecule has 0 bridgehead atoms. The van der Waals surface area contributed by atoms with Crippen LogP contribution in [0.5, 0.6) is 0 Å². The van der Waals surface area contributed by atoms with Crippen molar-refractivity contribution >= 4 is 34.6 Å². The molecule has 0 saturated heterocycles. The van der Waals surface area contributed by atoms with Crippen molar-refractivity contribution < 1.29 is 0 Å². The van der Waals surface area contributed by atoms with Gasteiger partial charge in [-0.1, -0.05) is 60.7 Å². The fourth-order valence-corrected chi connectivity index (χ4v) is 4.03. The van der Waals surface area contributed by atoms with Crippen LogP contribution in [0.1, 0.15) is 0 Å². The first-order valence-corrected chi connectivity index (χ1v) is 12.7. The molecule has 6 aromatic rings. The predicted octanol–water partition coefficient (Wildman–Crippen LogP) is 8.50. The number of anilines is 4. The molecular weight excluding hydrogens is 496 g/mol. The van der Waals surface area contributed by atoms with Crippen LogP contribution in [-0.4, -0.2) is 19.9 Å². The topological polar surface area (TPSA) is 100 Å². The molecular formula is C32H24N8. The van der Waals surface area contributed by atoms with Gasteiger partial charge in [-0.15, -0.1) is 0 Å². The van der Waals surface area contributed by atoms with Crippen LogP contribution in [0.2, 0.25) is 0 Å². The molecule has 2 heterocycles. The van der Waals surface area contributed by atoms with E-state index in [4.69, 9.17) is 0 Å². The summed E-state index contributed by atoms with van der Waals surface area (Å²) in [6.07, 6.45) is 3.47. The van der Waals surface area contributed by atoms with Crippen molar-refractivity contribution in [2.24, 2.45) is 10.2 Å². The van der Waals surface area contributed by atoms with Gasteiger partial charge in [0.1, 0.15) is 0 Å². The monoisotopic (exact) mass is 520 g/mol. The number of azo groups is 1. The van der Waals surface area contributed by atoms with Crippen LogP contribution in [0, 0.1) is 0 Å². The highest BCUT2D eigenvalue weighted by atomic mass is 15.1. The van der Waals surface area contributed by atoms with E-state index in [0.29, 0.717) is 11.9 Å². The molecule has 2 N–H and O–H groups in total. The van der Waals surface area contributed by atoms with E-state index in [-0.39, 0.29) is 0 Å². The van der Waals surface area contributed by atoms with Gasteiger partial charge >= 0.3 is 0 Å². The summed E-state index contributed by atoms with van der Waals surface area (Å²) in [6, 6.07) is 39.0. The van der Waals surface area contributed by atoms with Crippen molar-refractivity contribution in [1.29, 1.82) is 0 Å². The fourth-order valence-electron chi connectivity index (χ4n) is 4.03. The first-order valence-electron chi connectivity index (χ1n) is 12.7. The second-order valence-electron chi connectivity index (χ2n) is 8.81. The normalized spacial score (nSPS) is 10.9. The van der Waals surface area contributed by atoms with Crippen molar-refractivity contribution in [2.75, 3.05) is 10.6 Å². The fraction of sp³-hybridized carbons (Fsp3) is 0. The molecule has 40 heavy (non-hydrogen) atoms. The summed E-state index contributed by atoms with van der Waals surface area (Å²) in [5.74, 6) is 1.05. The van der Waals surface area contributed by atoms with Crippen LogP contribution in [-0.2, 0) is 0 Å². The molecule has 0 spiro atoms. The predicted molar refractivity (Wildman–Crippen MR) is 159 cm³/mol. The zero-order valence-electron chi connectivity index (χ0n) is 21.4. The molecule has 4 aromatic carbocycles. The van der Waals surface area contributed by atoms with Crippen LogP contribution in [0.15, 0.2) is 144 Å². The van der Waals surface area contributed by atoms with E-state index >= 15 is 0 Å². The summed E-state index contributed by atoms with van der Waals surface area (Å²) < 4.78 is 0. The molecule has 6 rings (SSSR count). The third-order valence-corrected chi connectivity index (χ3v) is 5.94. The molecule has 0 aliphatic rings. The summed E-state index contributed by atoms with van der Waals surface area (Å²) in [4.78, 5) is 18.0. The van der Waals surface area contributed by atoms with Gasteiger partial charge < -0.3 is 10.6 Å². The van der Waals surface area contributed by atoms with E-state index in [1.54, 1.807) is 12.4 Å². The van der Waals surface area contributed by atoms with Crippen LogP contribution in [0.25, 0.3) is 22.5 Å². The van der Waals surface area contributed by atoms with Gasteiger partial charge in [-0.2, -0.15) is 10.2 Å². The van der Waals surface area contributed by atoms with Gasteiger partial charge in [0, 0.05) is 34.9 Å². The Kier molecular flexibility index (Phi) is 7.21. The van der Waals surface area contributed by atoms with Crippen molar-refractivity contribution in [3.63, 3.8) is 0 Å². The molecule has 0 unspecified atom stereocenters. The quantitative estimate of drug-likeness (QED) is 0.195. The molecule has 0 atom stereocenters. The van der Waals surface area contributed by atoms with Crippen molar-refractivity contribution in [3.8, 4) is 22.5 Å². The van der Waals surface area contributed by atoms with Gasteiger partial charge in [0.15, 0.2) is 0 Å². The van der Waals surface area contributed by atoms with Gasteiger partial charge in [0.25, 0.3) is 0 Å². The highest BCUT2D eigenvalue weighted by Gasteiger charge is 2.06. The summed E-state index contributed by atoms with van der Waals surface area (Å²) in [5.41, 5.74) is 6.70. The summed E-state index contributed by atoms with van der Waals surface area (Å²) >= 11 is 0. The maximum absolute atomic E-state index is 4.66. The minimum Gasteiger partial charge on any atom is -0.324 e. The molecule has 8 heteroatoms. The summed E-state index contributed by atoms with van der Waals surface area (Å²) in [6.45, 7) is 0. The number of para-hydroxylation sites is 2. The minimum absolute atomic E-state index is 0.527. The molecule has 2 aromatic heterocycles. The molecule has 0 fully saturated rings. The Morgan fingerprint density at radius 1 is 0.450 bits per heavy atom. The van der Waals surface area contributed by atoms with E-state index < -0.39 is 0 Å². The van der Waals surface area contributed by atoms with Crippen molar-refractivity contribution in [1.82, 2.24) is 19.9 Å². The number of hydrogen-bond acceptors (Lipinski definition) is 8. The van der Waals surface area contributed by atoms with Gasteiger partial charge in [-0.25, -0.2) is 19.9 Å². The molecule has 0 radical (unpaired) electrons. The Hall–Kier alpha value is -5.76. The first kappa shape index (κ1) is 24.6. The lowest BCUT2D eigenvalue weighted by Gasteiger charge is -2.07. The standard InChI is InChI=1S/C32H24N8/c1-3-11-25(12-4-1)35-31-33-19-17-29(37-31)23-9-7-15-27(21-23)39-40-28-16-8-10-24(22-28)30-18-20-34-32(38-30)36-26-13-5-2-6-14-26/h1-22H,(H,33,35,37)(H,34,36,38). The summed E-state index contributed by atoms with van der Waals surface area (Å²) in [7, 11) is 0. The van der Waals surface area contributed by atoms with Gasteiger partial charge in [0.2, 0.25) is 11.9 Å². The highest BCUT2D eigenvalue weighted by Crippen LogP contribution is 2.28. The average Bonchev–Trinajstić information content (AvgIpc) is 3.02. The zero-order chi connectivity index (χ0) is 27.0. The smallest absolute Gasteiger partial charge is 0.227 e. The van der Waals surface area contributed by atoms with E-state index in [0.717, 1.165) is 45.3 Å². The van der Waals surface area contributed by atoms with Crippen LogP contribution >= 0.6 is 0 Å². The number of hydrogen-bond donors (Lipinski definition) is 2. The Balaban J connectivity index is 1.19. The Bertz CT molecular complexity index is 1620. The molecule has 0 aliphatic heterocycles. The number of benzene rings is 4. The van der Waals surface area contributed by atoms with E-state index in [2.05, 4.69) is 40.8 Å². The maximum atomic E-state index is 4.66. The van der Waals surface area contributed by atoms with Gasteiger partial charge in [-0.3, -0.25) is 0 Å². The zero-order valence-corrected chi connectivity index (χ0v) is 21.4. The molecule has 192 valence electrons. The van der Waals surface area contributed by atoms with Crippen molar-refractivity contribution in [2.45, 2.75) is 0 Å². The van der Waals surface area contributed by atoms with E-state index in [9.17, 15) is 0 Å².